The Kier molecular flexibility index (Phi) is 6.81. The third kappa shape index (κ3) is 5.91. The number of benzene rings is 1. The monoisotopic (exact) mass is 297 g/mol. The van der Waals surface area contributed by atoms with E-state index >= 15 is 0 Å². The van der Waals surface area contributed by atoms with Gasteiger partial charge in [0.05, 0.1) is 17.7 Å². The Hall–Kier alpha value is -1.95. The molecule has 0 aromatic heterocycles. The number of rotatable bonds is 8. The predicted molar refractivity (Wildman–Crippen MR) is 76.0 cm³/mol. The molecule has 2 N–H and O–H groups in total. The number of carbonyl (C=O) groups excluding carboxylic acids is 1. The Morgan fingerprint density at radius 1 is 1.33 bits per heavy atom. The van der Waals surface area contributed by atoms with E-state index in [2.05, 4.69) is 19.2 Å². The van der Waals surface area contributed by atoms with Gasteiger partial charge < -0.3 is 15.2 Å². The number of ether oxygens (including phenoxy) is 1. The van der Waals surface area contributed by atoms with Gasteiger partial charge in [0.1, 0.15) is 5.82 Å². The van der Waals surface area contributed by atoms with Gasteiger partial charge in [0.2, 0.25) is 0 Å². The summed E-state index contributed by atoms with van der Waals surface area (Å²) in [5, 5.41) is 11.2. The zero-order valence-corrected chi connectivity index (χ0v) is 12.2. The molecule has 5 nitrogen and oxygen atoms in total. The van der Waals surface area contributed by atoms with Crippen LogP contribution in [0.2, 0.25) is 0 Å². The van der Waals surface area contributed by atoms with E-state index in [-0.39, 0.29) is 17.7 Å². The number of carboxylic acid groups (broad SMARTS) is 1. The second-order valence-electron chi connectivity index (χ2n) is 5.05. The van der Waals surface area contributed by atoms with Gasteiger partial charge in [-0.25, -0.2) is 9.18 Å². The molecule has 6 heteroatoms. The summed E-state index contributed by atoms with van der Waals surface area (Å²) in [6.45, 7) is 5.43. The average molecular weight is 297 g/mol. The van der Waals surface area contributed by atoms with Crippen LogP contribution < -0.4 is 5.32 Å². The highest BCUT2D eigenvalue weighted by Gasteiger charge is 2.13. The molecule has 0 unspecified atom stereocenters. The molecule has 0 spiro atoms. The molecule has 1 amide bonds. The zero-order chi connectivity index (χ0) is 15.8. The van der Waals surface area contributed by atoms with E-state index in [1.165, 1.54) is 6.07 Å². The summed E-state index contributed by atoms with van der Waals surface area (Å²) in [4.78, 5) is 22.4. The number of halogens is 1. The van der Waals surface area contributed by atoms with Gasteiger partial charge in [0.15, 0.2) is 0 Å². The Balaban J connectivity index is 2.40. The Morgan fingerprint density at radius 2 is 2.05 bits per heavy atom. The van der Waals surface area contributed by atoms with Crippen LogP contribution in [0.1, 0.15) is 41.0 Å². The van der Waals surface area contributed by atoms with Crippen LogP contribution >= 0.6 is 0 Å². The van der Waals surface area contributed by atoms with Gasteiger partial charge in [-0.1, -0.05) is 13.8 Å². The fourth-order valence-corrected chi connectivity index (χ4v) is 1.59. The number of nitrogens with one attached hydrogen (secondary N) is 1. The van der Waals surface area contributed by atoms with Crippen LogP contribution in [0.25, 0.3) is 0 Å². The fourth-order valence-electron chi connectivity index (χ4n) is 1.59. The third-order valence-electron chi connectivity index (χ3n) is 2.83. The van der Waals surface area contributed by atoms with Crippen molar-refractivity contribution in [2.75, 3.05) is 19.8 Å². The minimum absolute atomic E-state index is 0.179. The lowest BCUT2D eigenvalue weighted by Crippen LogP contribution is -2.28. The number of amides is 1. The van der Waals surface area contributed by atoms with Crippen molar-refractivity contribution in [3.63, 3.8) is 0 Å². The number of hydrogen-bond acceptors (Lipinski definition) is 3. The first kappa shape index (κ1) is 17.1. The molecule has 0 heterocycles. The number of carboxylic acids is 1. The molecule has 0 aliphatic rings. The van der Waals surface area contributed by atoms with Crippen molar-refractivity contribution in [2.24, 2.45) is 5.92 Å². The molecule has 0 saturated carbocycles. The van der Waals surface area contributed by atoms with Crippen molar-refractivity contribution < 1.29 is 23.8 Å². The van der Waals surface area contributed by atoms with Gasteiger partial charge in [-0.2, -0.15) is 0 Å². The molecular formula is C15H20FNO4. The molecule has 0 saturated heterocycles. The molecule has 0 atom stereocenters. The minimum Gasteiger partial charge on any atom is -0.478 e. The normalized spacial score (nSPS) is 10.7. The average Bonchev–Trinajstić information content (AvgIpc) is 2.41. The second kappa shape index (κ2) is 8.36. The van der Waals surface area contributed by atoms with E-state index in [4.69, 9.17) is 9.84 Å². The van der Waals surface area contributed by atoms with Gasteiger partial charge in [-0.3, -0.25) is 4.79 Å². The van der Waals surface area contributed by atoms with Gasteiger partial charge in [0, 0.05) is 13.2 Å². The molecule has 1 aromatic rings. The van der Waals surface area contributed by atoms with Gasteiger partial charge in [-0.05, 0) is 30.5 Å². The summed E-state index contributed by atoms with van der Waals surface area (Å²) in [5.41, 5.74) is -0.372. The Morgan fingerprint density at radius 3 is 2.62 bits per heavy atom. The van der Waals surface area contributed by atoms with Crippen molar-refractivity contribution >= 4 is 11.9 Å². The lowest BCUT2D eigenvalue weighted by Gasteiger charge is -2.08. The summed E-state index contributed by atoms with van der Waals surface area (Å²) in [6, 6.07) is 3.18. The first-order chi connectivity index (χ1) is 9.91. The van der Waals surface area contributed by atoms with E-state index in [0.29, 0.717) is 19.1 Å². The second-order valence-corrected chi connectivity index (χ2v) is 5.05. The third-order valence-corrected chi connectivity index (χ3v) is 2.83. The summed E-state index contributed by atoms with van der Waals surface area (Å²) >= 11 is 0. The van der Waals surface area contributed by atoms with Gasteiger partial charge in [0.25, 0.3) is 5.91 Å². The van der Waals surface area contributed by atoms with Crippen LogP contribution in [0, 0.1) is 11.7 Å². The minimum atomic E-state index is -1.24. The smallest absolute Gasteiger partial charge is 0.335 e. The summed E-state index contributed by atoms with van der Waals surface area (Å²) < 4.78 is 18.9. The molecule has 0 fully saturated rings. The van der Waals surface area contributed by atoms with Crippen LogP contribution in [-0.2, 0) is 4.74 Å². The summed E-state index contributed by atoms with van der Waals surface area (Å²) in [6.07, 6.45) is 0.944. The molecule has 1 aromatic carbocycles. The highest BCUT2D eigenvalue weighted by molar-refractivity contribution is 5.96. The highest BCUT2D eigenvalue weighted by Crippen LogP contribution is 2.10. The maximum Gasteiger partial charge on any atom is 0.335 e. The van der Waals surface area contributed by atoms with Gasteiger partial charge >= 0.3 is 5.97 Å². The van der Waals surface area contributed by atoms with Crippen molar-refractivity contribution in [3.8, 4) is 0 Å². The maximum atomic E-state index is 13.6. The van der Waals surface area contributed by atoms with Crippen molar-refractivity contribution in [1.29, 1.82) is 0 Å². The van der Waals surface area contributed by atoms with Crippen LogP contribution in [0.15, 0.2) is 18.2 Å². The molecule has 1 rings (SSSR count). The van der Waals surface area contributed by atoms with E-state index in [1.807, 2.05) is 0 Å². The van der Waals surface area contributed by atoms with E-state index in [0.717, 1.165) is 18.6 Å². The van der Waals surface area contributed by atoms with E-state index < -0.39 is 17.7 Å². The lowest BCUT2D eigenvalue weighted by molar-refractivity contribution is 0.0695. The molecule has 0 aliphatic carbocycles. The fraction of sp³-hybridized carbons (Fsp3) is 0.467. The van der Waals surface area contributed by atoms with E-state index in [9.17, 15) is 14.0 Å². The van der Waals surface area contributed by atoms with Crippen LogP contribution in [-0.4, -0.2) is 36.7 Å². The molecular weight excluding hydrogens is 277 g/mol. The van der Waals surface area contributed by atoms with Crippen molar-refractivity contribution in [3.05, 3.63) is 35.1 Å². The zero-order valence-electron chi connectivity index (χ0n) is 12.2. The molecule has 21 heavy (non-hydrogen) atoms. The van der Waals surface area contributed by atoms with Crippen molar-refractivity contribution in [1.82, 2.24) is 5.32 Å². The van der Waals surface area contributed by atoms with Crippen LogP contribution in [0.3, 0.4) is 0 Å². The maximum absolute atomic E-state index is 13.6. The number of aromatic carboxylic acids is 1. The van der Waals surface area contributed by atoms with Crippen LogP contribution in [0.5, 0.6) is 0 Å². The quantitative estimate of drug-likeness (QED) is 0.722. The highest BCUT2D eigenvalue weighted by atomic mass is 19.1. The summed E-state index contributed by atoms with van der Waals surface area (Å²) in [5.74, 6) is -2.12. The number of carbonyl (C=O) groups is 2. The van der Waals surface area contributed by atoms with E-state index in [1.54, 1.807) is 0 Å². The Bertz CT molecular complexity index is 502. The number of hydrogen-bond donors (Lipinski definition) is 2. The SMILES string of the molecule is CC(C)CCOCCNC(=O)c1ccc(C(=O)O)cc1F. The Labute approximate surface area is 123 Å². The summed E-state index contributed by atoms with van der Waals surface area (Å²) in [7, 11) is 0. The lowest BCUT2D eigenvalue weighted by atomic mass is 10.1. The first-order valence-corrected chi connectivity index (χ1v) is 6.80. The standard InChI is InChI=1S/C15H20FNO4/c1-10(2)5-7-21-8-6-17-14(18)12-4-3-11(15(19)20)9-13(12)16/h3-4,9-10H,5-8H2,1-2H3,(H,17,18)(H,19,20). The molecule has 0 bridgehead atoms. The van der Waals surface area contributed by atoms with Gasteiger partial charge in [-0.15, -0.1) is 0 Å². The first-order valence-electron chi connectivity index (χ1n) is 6.80. The largest absolute Gasteiger partial charge is 0.478 e. The topological polar surface area (TPSA) is 75.6 Å². The van der Waals surface area contributed by atoms with Crippen molar-refractivity contribution in [2.45, 2.75) is 20.3 Å². The molecule has 0 aliphatic heterocycles. The van der Waals surface area contributed by atoms with Crippen LogP contribution in [0.4, 0.5) is 4.39 Å². The molecule has 0 radical (unpaired) electrons. The molecule has 116 valence electrons. The predicted octanol–water partition coefficient (Wildman–Crippen LogP) is 2.32.